The van der Waals surface area contributed by atoms with Gasteiger partial charge in [-0.05, 0) is 24.3 Å². The quantitative estimate of drug-likeness (QED) is 0.942. The number of amides is 1. The van der Waals surface area contributed by atoms with Crippen molar-refractivity contribution in [3.05, 3.63) is 65.7 Å². The van der Waals surface area contributed by atoms with E-state index in [1.54, 1.807) is 18.2 Å². The third kappa shape index (κ3) is 3.42. The van der Waals surface area contributed by atoms with Crippen molar-refractivity contribution < 1.29 is 23.5 Å². The Labute approximate surface area is 119 Å². The number of nitrogens with zero attached hydrogens (tertiary/aromatic N) is 1. The normalized spacial score (nSPS) is 10.2. The molecule has 0 fully saturated rings. The Hall–Kier alpha value is -2.76. The highest BCUT2D eigenvalue weighted by Crippen LogP contribution is 2.19. The summed E-state index contributed by atoms with van der Waals surface area (Å²) < 4.78 is 26.6. The van der Waals surface area contributed by atoms with Crippen LogP contribution in [-0.4, -0.2) is 23.5 Å². The van der Waals surface area contributed by atoms with Crippen LogP contribution in [0.1, 0.15) is 10.4 Å². The van der Waals surface area contributed by atoms with Gasteiger partial charge in [0, 0.05) is 11.8 Å². The third-order valence-corrected chi connectivity index (χ3v) is 2.77. The molecule has 0 aliphatic rings. The van der Waals surface area contributed by atoms with Crippen molar-refractivity contribution in [1.29, 1.82) is 0 Å². The van der Waals surface area contributed by atoms with Crippen LogP contribution >= 0.6 is 0 Å². The lowest BCUT2D eigenvalue weighted by molar-refractivity contribution is -0.135. The molecular formula is C15H11F2NO3. The summed E-state index contributed by atoms with van der Waals surface area (Å²) in [7, 11) is 0. The van der Waals surface area contributed by atoms with Crippen LogP contribution in [-0.2, 0) is 4.79 Å². The number of rotatable bonds is 4. The SMILES string of the molecule is O=C(O)CN(C(=O)c1ccc(F)cc1F)c1ccccc1. The highest BCUT2D eigenvalue weighted by atomic mass is 19.1. The minimum Gasteiger partial charge on any atom is -0.480 e. The van der Waals surface area contributed by atoms with Crippen molar-refractivity contribution in [3.63, 3.8) is 0 Å². The number of anilines is 1. The number of carboxylic acids is 1. The number of carbonyl (C=O) groups excluding carboxylic acids is 1. The second-order valence-corrected chi connectivity index (χ2v) is 4.24. The van der Waals surface area contributed by atoms with Gasteiger partial charge in [0.1, 0.15) is 18.2 Å². The monoisotopic (exact) mass is 291 g/mol. The summed E-state index contributed by atoms with van der Waals surface area (Å²) in [5.41, 5.74) is -0.0740. The Morgan fingerprint density at radius 1 is 1.05 bits per heavy atom. The number of halogens is 2. The molecule has 0 saturated heterocycles. The molecule has 1 N–H and O–H groups in total. The van der Waals surface area contributed by atoms with Crippen LogP contribution < -0.4 is 4.90 Å². The highest BCUT2D eigenvalue weighted by Gasteiger charge is 2.23. The summed E-state index contributed by atoms with van der Waals surface area (Å²) in [6.07, 6.45) is 0. The molecule has 0 unspecified atom stereocenters. The van der Waals surface area contributed by atoms with Crippen LogP contribution in [0.3, 0.4) is 0 Å². The fourth-order valence-electron chi connectivity index (χ4n) is 1.83. The minimum absolute atomic E-state index is 0.314. The predicted molar refractivity (Wildman–Crippen MR) is 72.1 cm³/mol. The molecule has 0 aromatic heterocycles. The Morgan fingerprint density at radius 2 is 1.71 bits per heavy atom. The molecule has 0 heterocycles. The predicted octanol–water partition coefficient (Wildman–Crippen LogP) is 2.70. The summed E-state index contributed by atoms with van der Waals surface area (Å²) in [5.74, 6) is -3.93. The van der Waals surface area contributed by atoms with E-state index in [2.05, 4.69) is 0 Å². The number of carboxylic acid groups (broad SMARTS) is 1. The van der Waals surface area contributed by atoms with E-state index in [4.69, 9.17) is 5.11 Å². The molecule has 21 heavy (non-hydrogen) atoms. The molecule has 0 aliphatic heterocycles. The van der Waals surface area contributed by atoms with E-state index in [9.17, 15) is 18.4 Å². The summed E-state index contributed by atoms with van der Waals surface area (Å²) in [5, 5.41) is 8.91. The zero-order valence-electron chi connectivity index (χ0n) is 10.8. The topological polar surface area (TPSA) is 57.6 Å². The van der Waals surface area contributed by atoms with Gasteiger partial charge in [-0.3, -0.25) is 14.5 Å². The van der Waals surface area contributed by atoms with E-state index in [0.29, 0.717) is 11.8 Å². The number of aliphatic carboxylic acids is 1. The zero-order chi connectivity index (χ0) is 15.4. The Bertz CT molecular complexity index is 674. The molecule has 108 valence electrons. The molecule has 0 radical (unpaired) electrons. The van der Waals surface area contributed by atoms with Crippen LogP contribution in [0.5, 0.6) is 0 Å². The molecular weight excluding hydrogens is 280 g/mol. The lowest BCUT2D eigenvalue weighted by Gasteiger charge is -2.21. The van der Waals surface area contributed by atoms with Gasteiger partial charge in [-0.25, -0.2) is 8.78 Å². The largest absolute Gasteiger partial charge is 0.480 e. The summed E-state index contributed by atoms with van der Waals surface area (Å²) >= 11 is 0. The van der Waals surface area contributed by atoms with Gasteiger partial charge in [0.05, 0.1) is 5.56 Å². The maximum atomic E-state index is 13.7. The van der Waals surface area contributed by atoms with Crippen molar-refractivity contribution in [1.82, 2.24) is 0 Å². The number of hydrogen-bond acceptors (Lipinski definition) is 2. The molecule has 2 aromatic carbocycles. The van der Waals surface area contributed by atoms with E-state index in [0.717, 1.165) is 17.0 Å². The van der Waals surface area contributed by atoms with Crippen LogP contribution in [0.15, 0.2) is 48.5 Å². The number of para-hydroxylation sites is 1. The van der Waals surface area contributed by atoms with Gasteiger partial charge in [0.2, 0.25) is 0 Å². The molecule has 2 aromatic rings. The van der Waals surface area contributed by atoms with Gasteiger partial charge in [0.25, 0.3) is 5.91 Å². The van der Waals surface area contributed by atoms with Crippen molar-refractivity contribution in [2.24, 2.45) is 0 Å². The van der Waals surface area contributed by atoms with E-state index >= 15 is 0 Å². The van der Waals surface area contributed by atoms with E-state index in [1.807, 2.05) is 0 Å². The maximum Gasteiger partial charge on any atom is 0.323 e. The second-order valence-electron chi connectivity index (χ2n) is 4.24. The summed E-state index contributed by atoms with van der Waals surface area (Å²) in [6, 6.07) is 10.5. The van der Waals surface area contributed by atoms with Gasteiger partial charge in [-0.1, -0.05) is 18.2 Å². The van der Waals surface area contributed by atoms with E-state index in [1.165, 1.54) is 12.1 Å². The molecule has 2 rings (SSSR count). The fourth-order valence-corrected chi connectivity index (χ4v) is 1.83. The van der Waals surface area contributed by atoms with Crippen LogP contribution in [0, 0.1) is 11.6 Å². The van der Waals surface area contributed by atoms with Crippen molar-refractivity contribution in [2.45, 2.75) is 0 Å². The first-order valence-electron chi connectivity index (χ1n) is 6.03. The molecule has 0 spiro atoms. The minimum atomic E-state index is -1.24. The van der Waals surface area contributed by atoms with Crippen molar-refractivity contribution in [3.8, 4) is 0 Å². The average molecular weight is 291 g/mol. The van der Waals surface area contributed by atoms with Gasteiger partial charge >= 0.3 is 5.97 Å². The maximum absolute atomic E-state index is 13.7. The van der Waals surface area contributed by atoms with E-state index < -0.39 is 30.1 Å². The summed E-state index contributed by atoms with van der Waals surface area (Å²) in [4.78, 5) is 24.1. The molecule has 6 heteroatoms. The molecule has 0 bridgehead atoms. The zero-order valence-corrected chi connectivity index (χ0v) is 10.8. The van der Waals surface area contributed by atoms with Gasteiger partial charge < -0.3 is 5.11 Å². The number of hydrogen-bond donors (Lipinski definition) is 1. The molecule has 0 aliphatic carbocycles. The first-order chi connectivity index (χ1) is 9.99. The van der Waals surface area contributed by atoms with Crippen LogP contribution in [0.2, 0.25) is 0 Å². The van der Waals surface area contributed by atoms with Crippen molar-refractivity contribution in [2.75, 3.05) is 11.4 Å². The van der Waals surface area contributed by atoms with Gasteiger partial charge in [-0.2, -0.15) is 0 Å². The Kier molecular flexibility index (Phi) is 4.27. The first-order valence-corrected chi connectivity index (χ1v) is 6.03. The van der Waals surface area contributed by atoms with E-state index in [-0.39, 0.29) is 5.56 Å². The summed E-state index contributed by atoms with van der Waals surface area (Å²) in [6.45, 7) is -0.625. The van der Waals surface area contributed by atoms with Crippen LogP contribution in [0.4, 0.5) is 14.5 Å². The molecule has 1 amide bonds. The lowest BCUT2D eigenvalue weighted by Crippen LogP contribution is -2.36. The molecule has 0 saturated carbocycles. The molecule has 0 atom stereocenters. The number of benzene rings is 2. The standard InChI is InChI=1S/C15H11F2NO3/c16-10-6-7-12(13(17)8-10)15(21)18(9-14(19)20)11-4-2-1-3-5-11/h1-8H,9H2,(H,19,20). The average Bonchev–Trinajstić information content (AvgIpc) is 2.45. The Balaban J connectivity index is 2.41. The van der Waals surface area contributed by atoms with Crippen LogP contribution in [0.25, 0.3) is 0 Å². The Morgan fingerprint density at radius 3 is 2.29 bits per heavy atom. The highest BCUT2D eigenvalue weighted by molar-refractivity contribution is 6.08. The third-order valence-electron chi connectivity index (χ3n) is 2.77. The van der Waals surface area contributed by atoms with Gasteiger partial charge in [0.15, 0.2) is 0 Å². The van der Waals surface area contributed by atoms with Gasteiger partial charge in [-0.15, -0.1) is 0 Å². The second kappa shape index (κ2) is 6.13. The smallest absolute Gasteiger partial charge is 0.323 e. The van der Waals surface area contributed by atoms with Crippen molar-refractivity contribution >= 4 is 17.6 Å². The fraction of sp³-hybridized carbons (Fsp3) is 0.0667. The molecule has 4 nitrogen and oxygen atoms in total. The lowest BCUT2D eigenvalue weighted by atomic mass is 10.1. The first kappa shape index (κ1) is 14.6. The number of carbonyl (C=O) groups is 2.